The molecule has 0 saturated heterocycles. The van der Waals surface area contributed by atoms with Gasteiger partial charge in [0.1, 0.15) is 5.75 Å². The average Bonchev–Trinajstić information content (AvgIpc) is 2.56. The molecule has 0 unspecified atom stereocenters. The number of ether oxygens (including phenoxy) is 1. The highest BCUT2D eigenvalue weighted by Crippen LogP contribution is 2.18. The zero-order valence-corrected chi connectivity index (χ0v) is 12.8. The van der Waals surface area contributed by atoms with Gasteiger partial charge in [0, 0.05) is 23.4 Å². The van der Waals surface area contributed by atoms with Crippen LogP contribution in [0.4, 0.5) is 11.4 Å². The van der Waals surface area contributed by atoms with Crippen LogP contribution in [0.2, 0.25) is 0 Å². The molecule has 120 valence electrons. The van der Waals surface area contributed by atoms with Gasteiger partial charge in [0.05, 0.1) is 11.5 Å². The van der Waals surface area contributed by atoms with Gasteiger partial charge in [0.25, 0.3) is 11.6 Å². The van der Waals surface area contributed by atoms with Crippen LogP contribution >= 0.6 is 0 Å². The van der Waals surface area contributed by atoms with Crippen LogP contribution in [0, 0.1) is 10.1 Å². The highest BCUT2D eigenvalue weighted by Gasteiger charge is 2.09. The largest absolute Gasteiger partial charge is 0.494 e. The second-order valence-electron chi connectivity index (χ2n) is 4.99. The highest BCUT2D eigenvalue weighted by atomic mass is 16.6. The summed E-state index contributed by atoms with van der Waals surface area (Å²) in [4.78, 5) is 22.3. The van der Waals surface area contributed by atoms with Crippen molar-refractivity contribution in [2.45, 2.75) is 19.8 Å². The Labute approximate surface area is 134 Å². The molecule has 6 nitrogen and oxygen atoms in total. The summed E-state index contributed by atoms with van der Waals surface area (Å²) in [6.07, 6.45) is 2.00. The van der Waals surface area contributed by atoms with Gasteiger partial charge in [-0.1, -0.05) is 19.4 Å². The predicted molar refractivity (Wildman–Crippen MR) is 87.9 cm³/mol. The number of nitro groups is 1. The van der Waals surface area contributed by atoms with Gasteiger partial charge in [-0.25, -0.2) is 0 Å². The van der Waals surface area contributed by atoms with Crippen molar-refractivity contribution in [2.75, 3.05) is 11.9 Å². The first kappa shape index (κ1) is 16.5. The third kappa shape index (κ3) is 4.81. The Morgan fingerprint density at radius 2 is 1.96 bits per heavy atom. The molecular weight excluding hydrogens is 296 g/mol. The zero-order valence-electron chi connectivity index (χ0n) is 12.8. The number of rotatable bonds is 7. The van der Waals surface area contributed by atoms with Crippen LogP contribution in [0.3, 0.4) is 0 Å². The van der Waals surface area contributed by atoms with Crippen molar-refractivity contribution in [1.82, 2.24) is 0 Å². The van der Waals surface area contributed by atoms with Gasteiger partial charge in [-0.3, -0.25) is 14.9 Å². The standard InChI is InChI=1S/C17H18N2O4/c1-2-3-11-23-16-6-4-5-13(12-16)17(20)18-14-7-9-15(10-8-14)19(21)22/h4-10,12H,2-3,11H2,1H3,(H,18,20). The maximum absolute atomic E-state index is 12.2. The van der Waals surface area contributed by atoms with E-state index in [0.29, 0.717) is 23.6 Å². The number of benzene rings is 2. The molecule has 1 N–H and O–H groups in total. The number of non-ortho nitro benzene ring substituents is 1. The highest BCUT2D eigenvalue weighted by molar-refractivity contribution is 6.04. The molecule has 0 saturated carbocycles. The third-order valence-electron chi connectivity index (χ3n) is 3.20. The topological polar surface area (TPSA) is 81.5 Å². The smallest absolute Gasteiger partial charge is 0.269 e. The van der Waals surface area contributed by atoms with Crippen molar-refractivity contribution < 1.29 is 14.5 Å². The van der Waals surface area contributed by atoms with Crippen molar-refractivity contribution in [2.24, 2.45) is 0 Å². The van der Waals surface area contributed by atoms with E-state index in [-0.39, 0.29) is 11.6 Å². The molecule has 0 aliphatic carbocycles. The number of nitrogens with one attached hydrogen (secondary N) is 1. The number of anilines is 1. The number of hydrogen-bond acceptors (Lipinski definition) is 4. The molecule has 0 heterocycles. The van der Waals surface area contributed by atoms with E-state index >= 15 is 0 Å². The van der Waals surface area contributed by atoms with E-state index in [1.807, 2.05) is 0 Å². The maximum atomic E-state index is 12.2. The average molecular weight is 314 g/mol. The van der Waals surface area contributed by atoms with Gasteiger partial charge in [0.2, 0.25) is 0 Å². The number of unbranched alkanes of at least 4 members (excludes halogenated alkanes) is 1. The Balaban J connectivity index is 2.02. The Hall–Kier alpha value is -2.89. The fourth-order valence-corrected chi connectivity index (χ4v) is 1.93. The SMILES string of the molecule is CCCCOc1cccc(C(=O)Nc2ccc([N+](=O)[O-])cc2)c1. The van der Waals surface area contributed by atoms with Crippen molar-refractivity contribution in [1.29, 1.82) is 0 Å². The van der Waals surface area contributed by atoms with Crippen molar-refractivity contribution in [3.8, 4) is 5.75 Å². The number of hydrogen-bond donors (Lipinski definition) is 1. The second-order valence-corrected chi connectivity index (χ2v) is 4.99. The molecule has 2 aromatic rings. The lowest BCUT2D eigenvalue weighted by Crippen LogP contribution is -2.12. The molecule has 23 heavy (non-hydrogen) atoms. The van der Waals surface area contributed by atoms with Crippen molar-refractivity contribution in [3.05, 3.63) is 64.2 Å². The van der Waals surface area contributed by atoms with Crippen LogP contribution in [0.15, 0.2) is 48.5 Å². The summed E-state index contributed by atoms with van der Waals surface area (Å²) in [5.41, 5.74) is 0.949. The van der Waals surface area contributed by atoms with Crippen LogP contribution in [0.5, 0.6) is 5.75 Å². The van der Waals surface area contributed by atoms with E-state index in [4.69, 9.17) is 4.74 Å². The minimum absolute atomic E-state index is 0.0191. The van der Waals surface area contributed by atoms with Crippen LogP contribution in [-0.4, -0.2) is 17.4 Å². The first-order chi connectivity index (χ1) is 11.1. The van der Waals surface area contributed by atoms with E-state index in [1.165, 1.54) is 24.3 Å². The molecule has 0 spiro atoms. The molecule has 0 fully saturated rings. The van der Waals surface area contributed by atoms with E-state index in [2.05, 4.69) is 12.2 Å². The van der Waals surface area contributed by atoms with Gasteiger partial charge in [-0.05, 0) is 36.8 Å². The molecule has 0 bridgehead atoms. The minimum atomic E-state index is -0.483. The van der Waals surface area contributed by atoms with E-state index in [0.717, 1.165) is 12.8 Å². The summed E-state index contributed by atoms with van der Waals surface area (Å²) in [7, 11) is 0. The zero-order chi connectivity index (χ0) is 16.7. The molecule has 0 radical (unpaired) electrons. The van der Waals surface area contributed by atoms with Gasteiger partial charge in [0.15, 0.2) is 0 Å². The summed E-state index contributed by atoms with van der Waals surface area (Å²) in [6, 6.07) is 12.6. The molecule has 6 heteroatoms. The monoisotopic (exact) mass is 314 g/mol. The number of carbonyl (C=O) groups is 1. The van der Waals surface area contributed by atoms with Gasteiger partial charge in [-0.2, -0.15) is 0 Å². The van der Waals surface area contributed by atoms with E-state index < -0.39 is 4.92 Å². The molecule has 1 amide bonds. The van der Waals surface area contributed by atoms with Crippen molar-refractivity contribution >= 4 is 17.3 Å². The number of nitro benzene ring substituents is 1. The Morgan fingerprint density at radius 1 is 1.22 bits per heavy atom. The van der Waals surface area contributed by atoms with E-state index in [9.17, 15) is 14.9 Å². The van der Waals surface area contributed by atoms with Crippen LogP contribution in [-0.2, 0) is 0 Å². The lowest BCUT2D eigenvalue weighted by Gasteiger charge is -2.08. The number of carbonyl (C=O) groups excluding carboxylic acids is 1. The van der Waals surface area contributed by atoms with Gasteiger partial charge in [-0.15, -0.1) is 0 Å². The first-order valence-electron chi connectivity index (χ1n) is 7.39. The lowest BCUT2D eigenvalue weighted by molar-refractivity contribution is -0.384. The predicted octanol–water partition coefficient (Wildman–Crippen LogP) is 4.03. The molecule has 0 atom stereocenters. The summed E-state index contributed by atoms with van der Waals surface area (Å²) in [5.74, 6) is 0.356. The van der Waals surface area contributed by atoms with Crippen LogP contribution < -0.4 is 10.1 Å². The quantitative estimate of drug-likeness (QED) is 0.475. The molecular formula is C17H18N2O4. The number of amides is 1. The normalized spacial score (nSPS) is 10.1. The molecule has 2 rings (SSSR count). The first-order valence-corrected chi connectivity index (χ1v) is 7.39. The van der Waals surface area contributed by atoms with Gasteiger partial charge >= 0.3 is 0 Å². The summed E-state index contributed by atoms with van der Waals surface area (Å²) in [5, 5.41) is 13.3. The molecule has 2 aromatic carbocycles. The summed E-state index contributed by atoms with van der Waals surface area (Å²) >= 11 is 0. The van der Waals surface area contributed by atoms with E-state index in [1.54, 1.807) is 24.3 Å². The number of nitrogens with zero attached hydrogens (tertiary/aromatic N) is 1. The minimum Gasteiger partial charge on any atom is -0.494 e. The summed E-state index contributed by atoms with van der Waals surface area (Å²) < 4.78 is 5.57. The lowest BCUT2D eigenvalue weighted by atomic mass is 10.2. The fraction of sp³-hybridized carbons (Fsp3) is 0.235. The second kappa shape index (κ2) is 7.93. The summed E-state index contributed by atoms with van der Waals surface area (Å²) in [6.45, 7) is 2.70. The molecule has 0 aliphatic heterocycles. The van der Waals surface area contributed by atoms with Gasteiger partial charge < -0.3 is 10.1 Å². The Morgan fingerprint density at radius 3 is 2.61 bits per heavy atom. The third-order valence-corrected chi connectivity index (χ3v) is 3.20. The van der Waals surface area contributed by atoms with Crippen LogP contribution in [0.25, 0.3) is 0 Å². The fourth-order valence-electron chi connectivity index (χ4n) is 1.93. The maximum Gasteiger partial charge on any atom is 0.269 e. The Kier molecular flexibility index (Phi) is 5.68. The molecule has 0 aliphatic rings. The Bertz CT molecular complexity index is 683. The van der Waals surface area contributed by atoms with Crippen molar-refractivity contribution in [3.63, 3.8) is 0 Å². The van der Waals surface area contributed by atoms with Crippen LogP contribution in [0.1, 0.15) is 30.1 Å². The molecule has 0 aromatic heterocycles.